The zero-order valence-corrected chi connectivity index (χ0v) is 28.5. The molecule has 0 aromatic carbocycles. The molecular weight excluding hydrogens is 508 g/mol. The van der Waals surface area contributed by atoms with Crippen LogP contribution in [0.15, 0.2) is 130 Å². The Hall–Kier alpha value is -2.90. The van der Waals surface area contributed by atoms with E-state index < -0.39 is 0 Å². The van der Waals surface area contributed by atoms with Gasteiger partial charge >= 0.3 is 0 Å². The molecule has 0 aromatic rings. The van der Waals surface area contributed by atoms with Crippen molar-refractivity contribution in [3.8, 4) is 0 Å². The van der Waals surface area contributed by atoms with E-state index in [4.69, 9.17) is 0 Å². The Morgan fingerprint density at radius 2 is 0.976 bits per heavy atom. The van der Waals surface area contributed by atoms with Gasteiger partial charge in [0.05, 0.1) is 6.10 Å². The third-order valence-electron chi connectivity index (χ3n) is 8.47. The highest BCUT2D eigenvalue weighted by Crippen LogP contribution is 2.43. The molecule has 2 rings (SSSR count). The minimum Gasteiger partial charge on any atom is -0.393 e. The summed E-state index contributed by atoms with van der Waals surface area (Å²) in [6.45, 7) is 24.6. The van der Waals surface area contributed by atoms with Crippen LogP contribution in [-0.4, -0.2) is 11.2 Å². The fraction of sp³-hybridized carbons (Fsp3) is 0.463. The Kier molecular flexibility index (Phi) is 13.5. The maximum atomic E-state index is 10.1. The van der Waals surface area contributed by atoms with Gasteiger partial charge in [-0.15, -0.1) is 0 Å². The van der Waals surface area contributed by atoms with E-state index in [1.807, 2.05) is 0 Å². The van der Waals surface area contributed by atoms with Crippen LogP contribution < -0.4 is 0 Å². The molecule has 0 amide bonds. The lowest BCUT2D eigenvalue weighted by molar-refractivity contribution is 0.116. The summed E-state index contributed by atoms with van der Waals surface area (Å²) in [5, 5.41) is 10.1. The summed E-state index contributed by atoms with van der Waals surface area (Å²) >= 11 is 0. The minimum atomic E-state index is -0.221. The van der Waals surface area contributed by atoms with Crippen LogP contribution in [0.1, 0.15) is 102 Å². The largest absolute Gasteiger partial charge is 0.393 e. The molecule has 228 valence electrons. The molecule has 1 nitrogen and oxygen atoms in total. The van der Waals surface area contributed by atoms with Crippen LogP contribution in [0.25, 0.3) is 0 Å². The first-order valence-corrected chi connectivity index (χ1v) is 15.8. The Bertz CT molecular complexity index is 1180. The van der Waals surface area contributed by atoms with Crippen molar-refractivity contribution in [1.29, 1.82) is 0 Å². The number of allylic oxidation sites excluding steroid dienone is 21. The second-order valence-electron chi connectivity index (χ2n) is 14.1. The number of aliphatic hydroxyl groups is 1. The Labute approximate surface area is 259 Å². The van der Waals surface area contributed by atoms with Gasteiger partial charge in [-0.25, -0.2) is 0 Å². The molecule has 0 spiro atoms. The Morgan fingerprint density at radius 1 is 0.595 bits per heavy atom. The fourth-order valence-electron chi connectivity index (χ4n) is 6.58. The number of rotatable bonds is 10. The lowest BCUT2D eigenvalue weighted by Gasteiger charge is -2.36. The van der Waals surface area contributed by atoms with E-state index in [9.17, 15) is 5.11 Å². The first-order valence-electron chi connectivity index (χ1n) is 15.8. The number of aliphatic hydroxyl groups excluding tert-OH is 1. The first kappa shape index (κ1) is 35.3. The van der Waals surface area contributed by atoms with Crippen molar-refractivity contribution in [2.24, 2.45) is 16.7 Å². The summed E-state index contributed by atoms with van der Waals surface area (Å²) in [5.74, 6) is 0.773. The lowest BCUT2D eigenvalue weighted by atomic mass is 9.69. The van der Waals surface area contributed by atoms with Crippen molar-refractivity contribution < 1.29 is 5.11 Å². The van der Waals surface area contributed by atoms with Crippen molar-refractivity contribution in [3.63, 3.8) is 0 Å². The lowest BCUT2D eigenvalue weighted by Crippen LogP contribution is -2.28. The van der Waals surface area contributed by atoms with Gasteiger partial charge in [0.2, 0.25) is 0 Å². The Morgan fingerprint density at radius 3 is 1.40 bits per heavy atom. The highest BCUT2D eigenvalue weighted by molar-refractivity contribution is 5.39. The van der Waals surface area contributed by atoms with Crippen LogP contribution in [0.3, 0.4) is 0 Å². The molecule has 2 aliphatic rings. The molecule has 0 fully saturated rings. The second-order valence-corrected chi connectivity index (χ2v) is 14.1. The van der Waals surface area contributed by atoms with Gasteiger partial charge in [0, 0.05) is 0 Å². The molecule has 0 bridgehead atoms. The van der Waals surface area contributed by atoms with Gasteiger partial charge in [-0.3, -0.25) is 0 Å². The van der Waals surface area contributed by atoms with Crippen molar-refractivity contribution in [1.82, 2.24) is 0 Å². The van der Waals surface area contributed by atoms with Gasteiger partial charge in [-0.05, 0) is 95.1 Å². The molecule has 0 aliphatic heterocycles. The SMILES string of the molecule is CC(C=CC=C(C)C=CC1=C(C)CC(C)CC1(C)C)=CC=CC=C(C)C=CC=C(C)C=CC1=C(C)CC(O)CC1(C)C. The van der Waals surface area contributed by atoms with Crippen LogP contribution in [-0.2, 0) is 0 Å². The summed E-state index contributed by atoms with van der Waals surface area (Å²) in [4.78, 5) is 0. The monoisotopic (exact) mass is 566 g/mol. The zero-order valence-electron chi connectivity index (χ0n) is 28.5. The molecular formula is C41H58O. The van der Waals surface area contributed by atoms with Crippen molar-refractivity contribution in [2.45, 2.75) is 108 Å². The second kappa shape index (κ2) is 16.1. The predicted molar refractivity (Wildman–Crippen MR) is 187 cm³/mol. The highest BCUT2D eigenvalue weighted by atomic mass is 16.3. The summed E-state index contributed by atoms with van der Waals surface area (Å²) in [7, 11) is 0. The molecule has 2 aliphatic carbocycles. The first-order chi connectivity index (χ1) is 19.6. The fourth-order valence-corrected chi connectivity index (χ4v) is 6.58. The third kappa shape index (κ3) is 11.8. The highest BCUT2D eigenvalue weighted by Gasteiger charge is 2.31. The van der Waals surface area contributed by atoms with Crippen LogP contribution >= 0.6 is 0 Å². The van der Waals surface area contributed by atoms with E-state index in [1.54, 1.807) is 0 Å². The third-order valence-corrected chi connectivity index (χ3v) is 8.47. The predicted octanol–water partition coefficient (Wildman–Crippen LogP) is 11.8. The summed E-state index contributed by atoms with van der Waals surface area (Å²) in [6.07, 6.45) is 34.2. The maximum absolute atomic E-state index is 10.1. The van der Waals surface area contributed by atoms with Crippen molar-refractivity contribution in [2.75, 3.05) is 0 Å². The molecule has 2 unspecified atom stereocenters. The molecule has 2 atom stereocenters. The quantitative estimate of drug-likeness (QED) is 0.261. The maximum Gasteiger partial charge on any atom is 0.0585 e. The normalized spacial score (nSPS) is 25.0. The summed E-state index contributed by atoms with van der Waals surface area (Å²) in [6, 6.07) is 0. The van der Waals surface area contributed by atoms with E-state index in [2.05, 4.69) is 161 Å². The minimum absolute atomic E-state index is 0.0119. The van der Waals surface area contributed by atoms with Crippen LogP contribution in [0.5, 0.6) is 0 Å². The average Bonchev–Trinajstić information content (AvgIpc) is 2.84. The van der Waals surface area contributed by atoms with E-state index >= 15 is 0 Å². The smallest absolute Gasteiger partial charge is 0.0585 e. The van der Waals surface area contributed by atoms with Crippen molar-refractivity contribution >= 4 is 0 Å². The molecule has 0 saturated heterocycles. The van der Waals surface area contributed by atoms with Crippen LogP contribution in [0, 0.1) is 16.7 Å². The van der Waals surface area contributed by atoms with Gasteiger partial charge in [0.25, 0.3) is 0 Å². The zero-order chi connectivity index (χ0) is 31.5. The van der Waals surface area contributed by atoms with Crippen LogP contribution in [0.2, 0.25) is 0 Å². The number of hydrogen-bond acceptors (Lipinski definition) is 1. The molecule has 0 radical (unpaired) electrons. The number of hydrogen-bond donors (Lipinski definition) is 1. The molecule has 42 heavy (non-hydrogen) atoms. The van der Waals surface area contributed by atoms with Gasteiger partial charge in [0.15, 0.2) is 0 Å². The standard InChI is InChI=1S/C41H58O/c1-30(18-14-20-32(3)22-24-38-35(6)26-34(5)28-40(38,8)9)16-12-13-17-31(2)19-15-21-33(4)23-25-39-36(7)27-37(42)29-41(39,10)11/h12-25,34,37,42H,26-29H2,1-11H3. The van der Waals surface area contributed by atoms with E-state index in [0.29, 0.717) is 0 Å². The van der Waals surface area contributed by atoms with Gasteiger partial charge in [0.1, 0.15) is 0 Å². The molecule has 0 aromatic heterocycles. The molecule has 1 N–H and O–H groups in total. The van der Waals surface area contributed by atoms with Crippen molar-refractivity contribution in [3.05, 3.63) is 130 Å². The van der Waals surface area contributed by atoms with Gasteiger partial charge in [-0.1, -0.05) is 153 Å². The summed E-state index contributed by atoms with van der Waals surface area (Å²) < 4.78 is 0. The topological polar surface area (TPSA) is 20.2 Å². The molecule has 0 saturated carbocycles. The van der Waals surface area contributed by atoms with Gasteiger partial charge < -0.3 is 5.11 Å². The summed E-state index contributed by atoms with van der Waals surface area (Å²) in [5.41, 5.74) is 10.9. The molecule has 1 heteroatoms. The van der Waals surface area contributed by atoms with Crippen LogP contribution in [0.4, 0.5) is 0 Å². The average molecular weight is 567 g/mol. The molecule has 0 heterocycles. The van der Waals surface area contributed by atoms with Gasteiger partial charge in [-0.2, -0.15) is 0 Å². The van der Waals surface area contributed by atoms with E-state index in [-0.39, 0.29) is 16.9 Å². The van der Waals surface area contributed by atoms with E-state index in [1.165, 1.54) is 57.4 Å². The Balaban J connectivity index is 1.90. The van der Waals surface area contributed by atoms with E-state index in [0.717, 1.165) is 18.8 Å².